The highest BCUT2D eigenvalue weighted by molar-refractivity contribution is 7.91. The third-order valence-electron chi connectivity index (χ3n) is 2.96. The Morgan fingerprint density at radius 1 is 1.29 bits per heavy atom. The van der Waals surface area contributed by atoms with Gasteiger partial charge in [-0.1, -0.05) is 0 Å². The number of rotatable bonds is 7. The third-order valence-corrected chi connectivity index (χ3v) is 4.36. The Bertz CT molecular complexity index is 741. The number of halogens is 2. The van der Waals surface area contributed by atoms with Gasteiger partial charge in [-0.3, -0.25) is 4.79 Å². The van der Waals surface area contributed by atoms with Gasteiger partial charge in [-0.2, -0.15) is 14.0 Å². The lowest BCUT2D eigenvalue weighted by Crippen LogP contribution is -2.31. The van der Waals surface area contributed by atoms with Crippen LogP contribution < -0.4 is 0 Å². The fraction of sp³-hybridized carbons (Fsp3) is 0.357. The molecule has 10 heteroatoms. The molecule has 0 aliphatic rings. The molecule has 0 bridgehead atoms. The Kier molecular flexibility index (Phi) is 6.79. The molecule has 130 valence electrons. The number of alkyl halides is 2. The number of hydrogen-bond donors (Lipinski definition) is 0. The van der Waals surface area contributed by atoms with Gasteiger partial charge in [-0.05, 0) is 24.3 Å². The number of benzene rings is 1. The summed E-state index contributed by atoms with van der Waals surface area (Å²) in [5, 5.41) is 8.41. The largest absolute Gasteiger partial charge is 0.452 e. The third kappa shape index (κ3) is 4.99. The van der Waals surface area contributed by atoms with Gasteiger partial charge in [0.15, 0.2) is 6.61 Å². The van der Waals surface area contributed by atoms with Crippen LogP contribution in [0.15, 0.2) is 29.2 Å². The van der Waals surface area contributed by atoms with E-state index >= 15 is 0 Å². The minimum atomic E-state index is -4.74. The maximum absolute atomic E-state index is 12.4. The van der Waals surface area contributed by atoms with E-state index in [4.69, 9.17) is 10.00 Å². The summed E-state index contributed by atoms with van der Waals surface area (Å²) in [7, 11) is -3.30. The van der Waals surface area contributed by atoms with Crippen molar-refractivity contribution in [3.63, 3.8) is 0 Å². The van der Waals surface area contributed by atoms with E-state index in [1.807, 2.05) is 6.07 Å². The first-order valence-electron chi connectivity index (χ1n) is 6.60. The molecular formula is C14H14F2N2O5S. The molecule has 0 aliphatic heterocycles. The van der Waals surface area contributed by atoms with Gasteiger partial charge < -0.3 is 9.64 Å². The van der Waals surface area contributed by atoms with E-state index in [0.717, 1.165) is 24.3 Å². The first-order chi connectivity index (χ1) is 11.2. The highest BCUT2D eigenvalue weighted by atomic mass is 32.2. The Labute approximate surface area is 137 Å². The summed E-state index contributed by atoms with van der Waals surface area (Å²) in [5.41, 5.74) is -0.0873. The maximum atomic E-state index is 12.4. The molecule has 0 atom stereocenters. The lowest BCUT2D eigenvalue weighted by atomic mass is 10.2. The van der Waals surface area contributed by atoms with E-state index in [2.05, 4.69) is 0 Å². The van der Waals surface area contributed by atoms with E-state index < -0.39 is 39.0 Å². The Morgan fingerprint density at radius 3 is 2.38 bits per heavy atom. The Hall–Kier alpha value is -2.54. The molecule has 0 saturated heterocycles. The molecule has 1 aromatic rings. The van der Waals surface area contributed by atoms with E-state index in [1.54, 1.807) is 0 Å². The number of carbonyl (C=O) groups is 2. The van der Waals surface area contributed by atoms with Crippen LogP contribution in [0.3, 0.4) is 0 Å². The summed E-state index contributed by atoms with van der Waals surface area (Å²) >= 11 is 0. The number of sulfone groups is 1. The molecule has 0 fully saturated rings. The van der Waals surface area contributed by atoms with Gasteiger partial charge in [0.1, 0.15) is 0 Å². The van der Waals surface area contributed by atoms with Crippen LogP contribution in [0.2, 0.25) is 0 Å². The highest BCUT2D eigenvalue weighted by Crippen LogP contribution is 2.18. The average Bonchev–Trinajstić information content (AvgIpc) is 2.56. The Morgan fingerprint density at radius 2 is 1.88 bits per heavy atom. The molecule has 0 heterocycles. The zero-order valence-electron chi connectivity index (χ0n) is 12.6. The molecule has 0 N–H and O–H groups in total. The number of ether oxygens (including phenoxy) is 1. The molecule has 1 aromatic carbocycles. The van der Waals surface area contributed by atoms with Gasteiger partial charge in [-0.15, -0.1) is 0 Å². The standard InChI is InChI=1S/C14H14F2N2O5S/c1-18(8-2-7-17)12(19)9-23-13(20)10-3-5-11(6-4-10)24(21,22)14(15)16/h3-6,14H,2,8-9H2,1H3. The smallest absolute Gasteiger partial charge is 0.341 e. The minimum absolute atomic E-state index is 0.0873. The van der Waals surface area contributed by atoms with Crippen molar-refractivity contribution in [2.75, 3.05) is 20.2 Å². The maximum Gasteiger partial charge on any atom is 0.341 e. The molecule has 1 amide bonds. The van der Waals surface area contributed by atoms with E-state index in [-0.39, 0.29) is 18.5 Å². The number of carbonyl (C=O) groups excluding carboxylic acids is 2. The van der Waals surface area contributed by atoms with Crippen molar-refractivity contribution in [2.45, 2.75) is 17.1 Å². The number of nitrogens with zero attached hydrogens (tertiary/aromatic N) is 2. The molecular weight excluding hydrogens is 346 g/mol. The molecule has 1 rings (SSSR count). The van der Waals surface area contributed by atoms with Crippen molar-refractivity contribution in [2.24, 2.45) is 0 Å². The molecule has 7 nitrogen and oxygen atoms in total. The molecule has 0 aliphatic carbocycles. The molecule has 0 aromatic heterocycles. The highest BCUT2D eigenvalue weighted by Gasteiger charge is 2.26. The molecule has 0 radical (unpaired) electrons. The van der Waals surface area contributed by atoms with Crippen LogP contribution in [0.1, 0.15) is 16.8 Å². The van der Waals surface area contributed by atoms with Crippen LogP contribution >= 0.6 is 0 Å². The van der Waals surface area contributed by atoms with Crippen LogP contribution in [-0.2, 0) is 19.4 Å². The van der Waals surface area contributed by atoms with E-state index in [9.17, 15) is 26.8 Å². The number of esters is 1. The van der Waals surface area contributed by atoms with Crippen molar-refractivity contribution in [3.05, 3.63) is 29.8 Å². The second-order valence-electron chi connectivity index (χ2n) is 4.63. The number of likely N-dealkylation sites (N-methyl/N-ethyl adjacent to an activating group) is 1. The van der Waals surface area contributed by atoms with Crippen LogP contribution in [-0.4, -0.2) is 51.2 Å². The molecule has 0 unspecified atom stereocenters. The van der Waals surface area contributed by atoms with Crippen LogP contribution in [0.25, 0.3) is 0 Å². The van der Waals surface area contributed by atoms with Crippen molar-refractivity contribution in [1.82, 2.24) is 4.90 Å². The predicted molar refractivity (Wildman–Crippen MR) is 77.8 cm³/mol. The number of hydrogen-bond acceptors (Lipinski definition) is 6. The summed E-state index contributed by atoms with van der Waals surface area (Å²) in [5.74, 6) is -4.98. The van der Waals surface area contributed by atoms with Crippen molar-refractivity contribution < 1.29 is 31.5 Å². The van der Waals surface area contributed by atoms with Crippen molar-refractivity contribution in [1.29, 1.82) is 5.26 Å². The monoisotopic (exact) mass is 360 g/mol. The molecule has 24 heavy (non-hydrogen) atoms. The van der Waals surface area contributed by atoms with Gasteiger partial charge in [-0.25, -0.2) is 13.2 Å². The number of amides is 1. The lowest BCUT2D eigenvalue weighted by molar-refractivity contribution is -0.133. The first kappa shape index (κ1) is 19.5. The van der Waals surface area contributed by atoms with Crippen molar-refractivity contribution >= 4 is 21.7 Å². The number of nitriles is 1. The Balaban J connectivity index is 2.67. The summed E-state index contributed by atoms with van der Waals surface area (Å²) in [6.45, 7) is -0.370. The summed E-state index contributed by atoms with van der Waals surface area (Å²) in [6.07, 6.45) is 0.135. The van der Waals surface area contributed by atoms with Crippen LogP contribution in [0.5, 0.6) is 0 Å². The SMILES string of the molecule is CN(CCC#N)C(=O)COC(=O)c1ccc(S(=O)(=O)C(F)F)cc1. The molecule has 0 saturated carbocycles. The summed E-state index contributed by atoms with van der Waals surface area (Å²) < 4.78 is 52.0. The fourth-order valence-electron chi connectivity index (χ4n) is 1.55. The predicted octanol–water partition coefficient (Wildman–Crippen LogP) is 1.21. The van der Waals surface area contributed by atoms with E-state index in [0.29, 0.717) is 0 Å². The van der Waals surface area contributed by atoms with Crippen LogP contribution in [0.4, 0.5) is 8.78 Å². The van der Waals surface area contributed by atoms with Crippen LogP contribution in [0, 0.1) is 11.3 Å². The van der Waals surface area contributed by atoms with Gasteiger partial charge >= 0.3 is 11.7 Å². The van der Waals surface area contributed by atoms with Gasteiger partial charge in [0, 0.05) is 13.6 Å². The normalized spacial score (nSPS) is 11.0. The summed E-state index contributed by atoms with van der Waals surface area (Å²) in [6, 6.07) is 5.62. The van der Waals surface area contributed by atoms with Gasteiger partial charge in [0.05, 0.1) is 22.9 Å². The van der Waals surface area contributed by atoms with Crippen molar-refractivity contribution in [3.8, 4) is 6.07 Å². The van der Waals surface area contributed by atoms with Gasteiger partial charge in [0.25, 0.3) is 5.91 Å². The zero-order chi connectivity index (χ0) is 18.3. The summed E-state index contributed by atoms with van der Waals surface area (Å²) in [4.78, 5) is 24.0. The zero-order valence-corrected chi connectivity index (χ0v) is 13.4. The van der Waals surface area contributed by atoms with E-state index in [1.165, 1.54) is 11.9 Å². The first-order valence-corrected chi connectivity index (χ1v) is 8.15. The second kappa shape index (κ2) is 8.35. The van der Waals surface area contributed by atoms with Gasteiger partial charge in [0.2, 0.25) is 9.84 Å². The topological polar surface area (TPSA) is 105 Å². The molecule has 0 spiro atoms. The average molecular weight is 360 g/mol. The fourth-order valence-corrected chi connectivity index (χ4v) is 2.27. The lowest BCUT2D eigenvalue weighted by Gasteiger charge is -2.15. The quantitative estimate of drug-likeness (QED) is 0.677. The second-order valence-corrected chi connectivity index (χ2v) is 6.55. The minimum Gasteiger partial charge on any atom is -0.452 e.